The lowest BCUT2D eigenvalue weighted by molar-refractivity contribution is -0.113. The molecular formula is C22H20N4O4S. The van der Waals surface area contributed by atoms with E-state index in [0.717, 1.165) is 27.9 Å². The monoisotopic (exact) mass is 436 g/mol. The number of methoxy groups -OCH3 is 2. The molecule has 31 heavy (non-hydrogen) atoms. The first kappa shape index (κ1) is 20.7. The van der Waals surface area contributed by atoms with Gasteiger partial charge in [0.1, 0.15) is 5.75 Å². The topological polar surface area (TPSA) is 94.8 Å². The first-order valence-corrected chi connectivity index (χ1v) is 10.4. The third-order valence-corrected chi connectivity index (χ3v) is 5.69. The SMILES string of the molecule is COC(=O)c1ccc(NC(=O)CSc2nnc3c(C)cc4ccc(OC)cc4n23)cc1. The summed E-state index contributed by atoms with van der Waals surface area (Å²) in [6.07, 6.45) is 0. The van der Waals surface area contributed by atoms with Crippen LogP contribution in [0.5, 0.6) is 5.75 Å². The molecule has 2 heterocycles. The lowest BCUT2D eigenvalue weighted by Crippen LogP contribution is -2.14. The number of carbonyl (C=O) groups excluding carboxylic acids is 2. The van der Waals surface area contributed by atoms with E-state index in [1.807, 2.05) is 29.5 Å². The predicted octanol–water partition coefficient (Wildman–Crippen LogP) is 3.72. The van der Waals surface area contributed by atoms with Crippen LogP contribution in [0.25, 0.3) is 16.6 Å². The Morgan fingerprint density at radius 3 is 2.55 bits per heavy atom. The van der Waals surface area contributed by atoms with Gasteiger partial charge in [-0.2, -0.15) is 0 Å². The molecule has 0 spiro atoms. The Balaban J connectivity index is 1.53. The van der Waals surface area contributed by atoms with Gasteiger partial charge in [0.05, 0.1) is 31.1 Å². The Labute approximate surface area is 182 Å². The van der Waals surface area contributed by atoms with Gasteiger partial charge in [0, 0.05) is 11.8 Å². The van der Waals surface area contributed by atoms with Crippen LogP contribution in [0, 0.1) is 6.92 Å². The Morgan fingerprint density at radius 2 is 1.84 bits per heavy atom. The molecule has 0 saturated carbocycles. The van der Waals surface area contributed by atoms with Crippen LogP contribution in [-0.2, 0) is 9.53 Å². The summed E-state index contributed by atoms with van der Waals surface area (Å²) in [5.74, 6) is 0.266. The van der Waals surface area contributed by atoms with Gasteiger partial charge in [-0.05, 0) is 60.3 Å². The van der Waals surface area contributed by atoms with Crippen LogP contribution in [0.2, 0.25) is 0 Å². The Kier molecular flexibility index (Phi) is 5.77. The third kappa shape index (κ3) is 4.17. The minimum atomic E-state index is -0.425. The summed E-state index contributed by atoms with van der Waals surface area (Å²) in [7, 11) is 2.95. The van der Waals surface area contributed by atoms with Crippen LogP contribution in [0.15, 0.2) is 53.7 Å². The highest BCUT2D eigenvalue weighted by molar-refractivity contribution is 7.99. The number of hydrogen-bond acceptors (Lipinski definition) is 7. The van der Waals surface area contributed by atoms with Gasteiger partial charge in [-0.25, -0.2) is 4.79 Å². The highest BCUT2D eigenvalue weighted by atomic mass is 32.2. The van der Waals surface area contributed by atoms with E-state index in [2.05, 4.69) is 26.3 Å². The summed E-state index contributed by atoms with van der Waals surface area (Å²) in [5.41, 5.74) is 3.65. The zero-order chi connectivity index (χ0) is 22.0. The highest BCUT2D eigenvalue weighted by Crippen LogP contribution is 2.28. The number of fused-ring (bicyclic) bond motifs is 3. The van der Waals surface area contributed by atoms with Crippen LogP contribution in [0.4, 0.5) is 5.69 Å². The van der Waals surface area contributed by atoms with Crippen LogP contribution < -0.4 is 10.1 Å². The van der Waals surface area contributed by atoms with Crippen molar-refractivity contribution in [2.24, 2.45) is 0 Å². The molecule has 1 amide bonds. The molecule has 0 radical (unpaired) electrons. The smallest absolute Gasteiger partial charge is 0.337 e. The van der Waals surface area contributed by atoms with Crippen LogP contribution in [-0.4, -0.2) is 46.4 Å². The van der Waals surface area contributed by atoms with E-state index in [-0.39, 0.29) is 11.7 Å². The Hall–Kier alpha value is -3.59. The van der Waals surface area contributed by atoms with E-state index in [4.69, 9.17) is 4.74 Å². The van der Waals surface area contributed by atoms with Gasteiger partial charge < -0.3 is 14.8 Å². The summed E-state index contributed by atoms with van der Waals surface area (Å²) in [5, 5.41) is 13.0. The molecule has 0 aliphatic heterocycles. The molecule has 1 N–H and O–H groups in total. The van der Waals surface area contributed by atoms with Crippen molar-refractivity contribution in [2.45, 2.75) is 12.1 Å². The molecule has 0 bridgehead atoms. The van der Waals surface area contributed by atoms with Gasteiger partial charge in [-0.3, -0.25) is 9.20 Å². The maximum atomic E-state index is 12.4. The van der Waals surface area contributed by atoms with Crippen LogP contribution >= 0.6 is 11.8 Å². The highest BCUT2D eigenvalue weighted by Gasteiger charge is 2.15. The van der Waals surface area contributed by atoms with E-state index >= 15 is 0 Å². The molecule has 0 saturated heterocycles. The van der Waals surface area contributed by atoms with Crippen molar-refractivity contribution >= 4 is 45.9 Å². The van der Waals surface area contributed by atoms with Crippen molar-refractivity contribution < 1.29 is 19.1 Å². The number of nitrogens with zero attached hydrogens (tertiary/aromatic N) is 3. The molecule has 158 valence electrons. The van der Waals surface area contributed by atoms with Gasteiger partial charge in [0.25, 0.3) is 0 Å². The molecule has 0 aliphatic carbocycles. The molecule has 2 aromatic carbocycles. The second kappa shape index (κ2) is 8.65. The van der Waals surface area contributed by atoms with Crippen molar-refractivity contribution in [3.8, 4) is 5.75 Å². The number of pyridine rings is 1. The predicted molar refractivity (Wildman–Crippen MR) is 119 cm³/mol. The largest absolute Gasteiger partial charge is 0.497 e. The normalized spacial score (nSPS) is 10.9. The van der Waals surface area contributed by atoms with Gasteiger partial charge in [0.2, 0.25) is 5.91 Å². The standard InChI is InChI=1S/C22H20N4O4S/c1-13-10-15-6-9-17(29-2)11-18(15)26-20(13)24-25-22(26)31-12-19(27)23-16-7-4-14(5-8-16)21(28)30-3/h4-11H,12H2,1-3H3,(H,23,27). The lowest BCUT2D eigenvalue weighted by Gasteiger charge is -2.09. The molecule has 0 fully saturated rings. The summed E-state index contributed by atoms with van der Waals surface area (Å²) in [4.78, 5) is 24.0. The fraction of sp³-hybridized carbons (Fsp3) is 0.182. The first-order valence-electron chi connectivity index (χ1n) is 9.43. The Bertz CT molecular complexity index is 1280. The summed E-state index contributed by atoms with van der Waals surface area (Å²) < 4.78 is 12.0. The molecule has 0 atom stereocenters. The van der Waals surface area contributed by atoms with E-state index in [1.54, 1.807) is 31.4 Å². The molecule has 0 unspecified atom stereocenters. The average Bonchev–Trinajstić information content (AvgIpc) is 3.22. The lowest BCUT2D eigenvalue weighted by atomic mass is 10.1. The number of thioether (sulfide) groups is 1. The van der Waals surface area contributed by atoms with Crippen LogP contribution in [0.3, 0.4) is 0 Å². The van der Waals surface area contributed by atoms with Crippen molar-refractivity contribution in [1.29, 1.82) is 0 Å². The average molecular weight is 436 g/mol. The minimum Gasteiger partial charge on any atom is -0.497 e. The number of benzene rings is 2. The fourth-order valence-corrected chi connectivity index (χ4v) is 3.98. The number of rotatable bonds is 6. The first-order chi connectivity index (χ1) is 15.0. The summed E-state index contributed by atoms with van der Waals surface area (Å²) >= 11 is 1.29. The second-order valence-electron chi connectivity index (χ2n) is 6.80. The van der Waals surface area contributed by atoms with E-state index in [1.165, 1.54) is 18.9 Å². The van der Waals surface area contributed by atoms with Gasteiger partial charge in [-0.1, -0.05) is 11.8 Å². The number of hydrogen-bond donors (Lipinski definition) is 1. The van der Waals surface area contributed by atoms with E-state index < -0.39 is 5.97 Å². The van der Waals surface area contributed by atoms with Gasteiger partial charge >= 0.3 is 5.97 Å². The quantitative estimate of drug-likeness (QED) is 0.364. The third-order valence-electron chi connectivity index (χ3n) is 4.76. The van der Waals surface area contributed by atoms with Gasteiger partial charge in [0.15, 0.2) is 10.8 Å². The number of amides is 1. The van der Waals surface area contributed by atoms with E-state index in [0.29, 0.717) is 16.4 Å². The molecule has 9 heteroatoms. The summed E-state index contributed by atoms with van der Waals surface area (Å²) in [6, 6.07) is 14.4. The Morgan fingerprint density at radius 1 is 1.06 bits per heavy atom. The van der Waals surface area contributed by atoms with Crippen LogP contribution in [0.1, 0.15) is 15.9 Å². The van der Waals surface area contributed by atoms with Gasteiger partial charge in [-0.15, -0.1) is 10.2 Å². The molecule has 0 aliphatic rings. The maximum absolute atomic E-state index is 12.4. The molecule has 4 rings (SSSR count). The number of ether oxygens (including phenoxy) is 2. The van der Waals surface area contributed by atoms with E-state index in [9.17, 15) is 9.59 Å². The number of nitrogens with one attached hydrogen (secondary N) is 1. The number of aromatic nitrogens is 3. The zero-order valence-electron chi connectivity index (χ0n) is 17.2. The molecule has 8 nitrogen and oxygen atoms in total. The molecular weight excluding hydrogens is 416 g/mol. The van der Waals surface area contributed by atoms with Crippen molar-refractivity contribution in [2.75, 3.05) is 25.3 Å². The molecule has 4 aromatic rings. The number of esters is 1. The fourth-order valence-electron chi connectivity index (χ4n) is 3.23. The maximum Gasteiger partial charge on any atom is 0.337 e. The van der Waals surface area contributed by atoms with Crippen molar-refractivity contribution in [3.05, 3.63) is 59.7 Å². The molecule has 2 aromatic heterocycles. The summed E-state index contributed by atoms with van der Waals surface area (Å²) in [6.45, 7) is 1.98. The second-order valence-corrected chi connectivity index (χ2v) is 7.74. The van der Waals surface area contributed by atoms with Crippen molar-refractivity contribution in [1.82, 2.24) is 14.6 Å². The van der Waals surface area contributed by atoms with Crippen molar-refractivity contribution in [3.63, 3.8) is 0 Å². The minimum absolute atomic E-state index is 0.152. The number of anilines is 1. The number of aryl methyl sites for hydroxylation is 1. The number of carbonyl (C=O) groups is 2. The zero-order valence-corrected chi connectivity index (χ0v) is 18.0.